The fraction of sp³-hybridized carbons (Fsp3) is 0.688. The Morgan fingerprint density at radius 2 is 2.04 bits per heavy atom. The van der Waals surface area contributed by atoms with Crippen molar-refractivity contribution in [2.75, 3.05) is 20.1 Å². The average Bonchev–Trinajstić information content (AvgIpc) is 2.99. The van der Waals surface area contributed by atoms with Crippen LogP contribution in [0.3, 0.4) is 0 Å². The lowest BCUT2D eigenvalue weighted by Crippen LogP contribution is -3.15. The van der Waals surface area contributed by atoms with Crippen LogP contribution in [0.25, 0.3) is 0 Å². The van der Waals surface area contributed by atoms with Crippen LogP contribution in [-0.2, 0) is 9.53 Å². The number of carboxylic acid groups (broad SMARTS) is 1. The van der Waals surface area contributed by atoms with Crippen molar-refractivity contribution in [3.05, 3.63) is 23.9 Å². The van der Waals surface area contributed by atoms with Crippen LogP contribution in [-0.4, -0.2) is 88.1 Å². The number of quaternary nitrogens is 1. The number of aliphatic carboxylic acids is 1. The van der Waals surface area contributed by atoms with Gasteiger partial charge in [-0.15, -0.1) is 0 Å². The van der Waals surface area contributed by atoms with E-state index in [2.05, 4.69) is 11.9 Å². The zero-order chi connectivity index (χ0) is 17.4. The Hall–Kier alpha value is -1.29. The number of carbonyl (C=O) groups is 1. The van der Waals surface area contributed by atoms with Gasteiger partial charge < -0.3 is 25.2 Å². The molecule has 0 bridgehead atoms. The third-order valence-corrected chi connectivity index (χ3v) is 5.20. The SMILES string of the molecule is CN1CCC[C@H]1C1=CC=C[NH+]([C@@H]2O[C@@H](C(=O)O)[C@@H](O)[C@@H](O)[C@H]2O)C1. The van der Waals surface area contributed by atoms with Gasteiger partial charge in [0, 0.05) is 11.6 Å². The molecule has 0 aliphatic carbocycles. The fourth-order valence-electron chi connectivity index (χ4n) is 3.84. The molecule has 8 nitrogen and oxygen atoms in total. The van der Waals surface area contributed by atoms with Crippen LogP contribution < -0.4 is 4.90 Å². The Morgan fingerprint density at radius 3 is 2.67 bits per heavy atom. The lowest BCUT2D eigenvalue weighted by atomic mass is 9.96. The summed E-state index contributed by atoms with van der Waals surface area (Å²) in [6.45, 7) is 1.60. The predicted molar refractivity (Wildman–Crippen MR) is 83.0 cm³/mol. The minimum Gasteiger partial charge on any atom is -0.479 e. The van der Waals surface area contributed by atoms with Gasteiger partial charge in [0.05, 0.1) is 6.20 Å². The van der Waals surface area contributed by atoms with E-state index in [4.69, 9.17) is 9.84 Å². The monoisotopic (exact) mass is 341 g/mol. The Balaban J connectivity index is 1.75. The summed E-state index contributed by atoms with van der Waals surface area (Å²) in [5.74, 6) is -1.36. The number of aliphatic hydroxyl groups excluding tert-OH is 3. The predicted octanol–water partition coefficient (Wildman–Crippen LogP) is -2.69. The van der Waals surface area contributed by atoms with E-state index in [1.165, 1.54) is 5.57 Å². The molecule has 3 aliphatic heterocycles. The van der Waals surface area contributed by atoms with Crippen LogP contribution in [0, 0.1) is 0 Å². The van der Waals surface area contributed by atoms with E-state index in [9.17, 15) is 20.1 Å². The maximum absolute atomic E-state index is 11.2. The van der Waals surface area contributed by atoms with Gasteiger partial charge in [-0.2, -0.15) is 0 Å². The summed E-state index contributed by atoms with van der Waals surface area (Å²) in [7, 11) is 2.07. The number of rotatable bonds is 3. The first-order valence-electron chi connectivity index (χ1n) is 8.25. The standard InChI is InChI=1S/C16H24N2O6/c1-17-6-3-5-10(17)9-4-2-7-18(8-9)15-13(21)11(19)12(20)14(24-15)16(22)23/h2,4,7,10-15,19-21H,3,5-6,8H2,1H3,(H,22,23)/p+1/t10-,11+,12-,13+,14+,15+/m0/s1. The number of hydrogen-bond donors (Lipinski definition) is 5. The quantitative estimate of drug-likeness (QED) is 0.380. The van der Waals surface area contributed by atoms with Gasteiger partial charge in [0.15, 0.2) is 12.2 Å². The highest BCUT2D eigenvalue weighted by molar-refractivity contribution is 5.73. The molecule has 2 saturated heterocycles. The highest BCUT2D eigenvalue weighted by Gasteiger charge is 2.51. The van der Waals surface area contributed by atoms with Crippen molar-refractivity contribution in [2.45, 2.75) is 49.5 Å². The summed E-state index contributed by atoms with van der Waals surface area (Å²) in [6, 6.07) is 0.330. The minimum absolute atomic E-state index is 0.330. The first-order chi connectivity index (χ1) is 11.4. The molecule has 0 radical (unpaired) electrons. The molecule has 0 spiro atoms. The summed E-state index contributed by atoms with van der Waals surface area (Å²) >= 11 is 0. The van der Waals surface area contributed by atoms with E-state index in [1.807, 2.05) is 12.2 Å². The third kappa shape index (κ3) is 3.13. The molecule has 0 aromatic rings. The van der Waals surface area contributed by atoms with Gasteiger partial charge in [0.2, 0.25) is 6.23 Å². The number of carboxylic acids is 1. The summed E-state index contributed by atoms with van der Waals surface area (Å²) in [5, 5.41) is 39.2. The van der Waals surface area contributed by atoms with Crippen LogP contribution in [0.2, 0.25) is 0 Å². The Bertz CT molecular complexity index is 551. The third-order valence-electron chi connectivity index (χ3n) is 5.20. The lowest BCUT2D eigenvalue weighted by Gasteiger charge is -2.41. The zero-order valence-electron chi connectivity index (χ0n) is 13.6. The number of ether oxygens (including phenoxy) is 1. The van der Waals surface area contributed by atoms with Crippen molar-refractivity contribution >= 4 is 5.97 Å². The van der Waals surface area contributed by atoms with Crippen LogP contribution >= 0.6 is 0 Å². The molecule has 0 amide bonds. The number of allylic oxidation sites excluding steroid dienone is 2. The number of nitrogens with zero attached hydrogens (tertiary/aromatic N) is 1. The van der Waals surface area contributed by atoms with Crippen molar-refractivity contribution in [1.29, 1.82) is 0 Å². The average molecular weight is 341 g/mol. The molecule has 3 aliphatic rings. The van der Waals surface area contributed by atoms with Gasteiger partial charge in [-0.3, -0.25) is 9.80 Å². The summed E-state index contributed by atoms with van der Waals surface area (Å²) in [5.41, 5.74) is 1.19. The molecule has 8 heteroatoms. The van der Waals surface area contributed by atoms with Gasteiger partial charge in [-0.05, 0) is 32.5 Å². The molecule has 7 atom stereocenters. The van der Waals surface area contributed by atoms with Gasteiger partial charge in [0.25, 0.3) is 0 Å². The van der Waals surface area contributed by atoms with Crippen LogP contribution in [0.1, 0.15) is 12.8 Å². The minimum atomic E-state index is -1.65. The molecule has 2 fully saturated rings. The molecule has 3 rings (SSSR count). The van der Waals surface area contributed by atoms with E-state index in [0.29, 0.717) is 12.6 Å². The van der Waals surface area contributed by atoms with Crippen molar-refractivity contribution in [1.82, 2.24) is 4.90 Å². The smallest absolute Gasteiger partial charge is 0.335 e. The van der Waals surface area contributed by atoms with Crippen LogP contribution in [0.5, 0.6) is 0 Å². The van der Waals surface area contributed by atoms with E-state index >= 15 is 0 Å². The van der Waals surface area contributed by atoms with E-state index in [-0.39, 0.29) is 0 Å². The maximum atomic E-state index is 11.2. The van der Waals surface area contributed by atoms with E-state index < -0.39 is 36.6 Å². The molecule has 0 aromatic carbocycles. The second-order valence-electron chi connectivity index (χ2n) is 6.78. The van der Waals surface area contributed by atoms with Crippen molar-refractivity contribution in [3.63, 3.8) is 0 Å². The number of nitrogens with one attached hydrogen (secondary N) is 1. The summed E-state index contributed by atoms with van der Waals surface area (Å²) in [6.07, 6.45) is 0.810. The van der Waals surface area contributed by atoms with Gasteiger partial charge in [-0.1, -0.05) is 6.08 Å². The summed E-state index contributed by atoms with van der Waals surface area (Å²) in [4.78, 5) is 14.2. The van der Waals surface area contributed by atoms with Crippen molar-refractivity contribution in [3.8, 4) is 0 Å². The first kappa shape index (κ1) is 17.5. The van der Waals surface area contributed by atoms with E-state index in [1.54, 1.807) is 6.20 Å². The maximum Gasteiger partial charge on any atom is 0.335 e. The van der Waals surface area contributed by atoms with Crippen LogP contribution in [0.4, 0.5) is 0 Å². The number of hydrogen-bond acceptors (Lipinski definition) is 6. The van der Waals surface area contributed by atoms with Gasteiger partial charge in [-0.25, -0.2) is 4.79 Å². The molecule has 1 unspecified atom stereocenters. The van der Waals surface area contributed by atoms with Gasteiger partial charge in [0.1, 0.15) is 18.8 Å². The normalized spacial score (nSPS) is 43.7. The van der Waals surface area contributed by atoms with Crippen molar-refractivity contribution < 1.29 is 34.9 Å². The topological polar surface area (TPSA) is 115 Å². The molecular formula is C16H25N2O6+. The first-order valence-corrected chi connectivity index (χ1v) is 8.25. The van der Waals surface area contributed by atoms with Crippen LogP contribution in [0.15, 0.2) is 23.9 Å². The Labute approximate surface area is 140 Å². The second kappa shape index (κ2) is 6.91. The number of likely N-dealkylation sites (N-methyl/N-ethyl adjacent to an activating group) is 1. The zero-order valence-corrected chi connectivity index (χ0v) is 13.6. The lowest BCUT2D eigenvalue weighted by molar-refractivity contribution is -0.905. The molecule has 24 heavy (non-hydrogen) atoms. The largest absolute Gasteiger partial charge is 0.479 e. The van der Waals surface area contributed by atoms with E-state index in [0.717, 1.165) is 24.3 Å². The molecule has 0 aromatic heterocycles. The molecule has 0 saturated carbocycles. The molecule has 134 valence electrons. The second-order valence-corrected chi connectivity index (χ2v) is 6.78. The Morgan fingerprint density at radius 1 is 1.29 bits per heavy atom. The van der Waals surface area contributed by atoms with Gasteiger partial charge >= 0.3 is 5.97 Å². The molecule has 3 heterocycles. The number of aliphatic hydroxyl groups is 3. The molecular weight excluding hydrogens is 316 g/mol. The number of likely N-dealkylation sites (tertiary alicyclic amines) is 1. The summed E-state index contributed by atoms with van der Waals surface area (Å²) < 4.78 is 5.43. The Kier molecular flexibility index (Phi) is 5.05. The molecule has 5 N–H and O–H groups in total. The van der Waals surface area contributed by atoms with Crippen molar-refractivity contribution in [2.24, 2.45) is 0 Å². The fourth-order valence-corrected chi connectivity index (χ4v) is 3.84. The highest BCUT2D eigenvalue weighted by atomic mass is 16.6. The highest BCUT2D eigenvalue weighted by Crippen LogP contribution is 2.23.